The number of aliphatic carboxylic acids is 1. The maximum Gasteiger partial charge on any atom is 0.350 e. The fraction of sp³-hybridized carbons (Fsp3) is 0.742. The number of piperidine rings is 2. The van der Waals surface area contributed by atoms with Gasteiger partial charge in [0.1, 0.15) is 5.71 Å². The summed E-state index contributed by atoms with van der Waals surface area (Å²) in [5.41, 5.74) is 5.38. The normalized spacial score (nSPS) is 36.0. The number of carboxylic acid groups (broad SMARTS) is 1. The van der Waals surface area contributed by atoms with Gasteiger partial charge in [-0.2, -0.15) is 0 Å². The molecule has 10 nitrogen and oxygen atoms in total. The number of fused-ring (bicyclic) bond motifs is 4. The lowest BCUT2D eigenvalue weighted by atomic mass is 9.68. The maximum absolute atomic E-state index is 12.6. The van der Waals surface area contributed by atoms with Gasteiger partial charge in [-0.15, -0.1) is 0 Å². The third kappa shape index (κ3) is 5.45. The average molecular weight is 568 g/mol. The van der Waals surface area contributed by atoms with Crippen LogP contribution in [0.25, 0.3) is 0 Å². The Balaban J connectivity index is 1.28. The Morgan fingerprint density at radius 1 is 1.00 bits per heavy atom. The van der Waals surface area contributed by atoms with Gasteiger partial charge in [-0.3, -0.25) is 9.69 Å². The van der Waals surface area contributed by atoms with Gasteiger partial charge < -0.3 is 25.7 Å². The molecule has 6 rings (SSSR count). The smallest absolute Gasteiger partial charge is 0.350 e. The van der Waals surface area contributed by atoms with E-state index in [2.05, 4.69) is 21.1 Å². The third-order valence-corrected chi connectivity index (χ3v) is 10.4. The number of nitrogens with zero attached hydrogens (tertiary/aromatic N) is 4. The minimum absolute atomic E-state index is 0.0282. The number of aliphatic imine (C=N–C) groups is 1. The number of rotatable bonds is 7. The summed E-state index contributed by atoms with van der Waals surface area (Å²) in [6, 6.07) is 1.70. The highest BCUT2D eigenvalue weighted by Gasteiger charge is 2.48. The molecule has 3 aliphatic heterocycles. The summed E-state index contributed by atoms with van der Waals surface area (Å²) in [7, 11) is 0. The number of carboxylic acids is 1. The molecule has 41 heavy (non-hydrogen) atoms. The highest BCUT2D eigenvalue weighted by atomic mass is 16.7. The minimum Gasteiger partial charge on any atom is -0.478 e. The second-order valence-electron chi connectivity index (χ2n) is 13.6. The molecule has 0 aromatic heterocycles. The van der Waals surface area contributed by atoms with Crippen LogP contribution < -0.4 is 5.73 Å². The van der Waals surface area contributed by atoms with Gasteiger partial charge in [-0.25, -0.2) is 9.79 Å². The Hall–Kier alpha value is -2.72. The van der Waals surface area contributed by atoms with Crippen LogP contribution in [0.3, 0.4) is 0 Å². The number of hydrogen-bond acceptors (Lipinski definition) is 8. The van der Waals surface area contributed by atoms with E-state index < -0.39 is 23.7 Å². The molecule has 0 aromatic carbocycles. The summed E-state index contributed by atoms with van der Waals surface area (Å²) in [5, 5.41) is 25.1. The van der Waals surface area contributed by atoms with Gasteiger partial charge >= 0.3 is 5.97 Å². The summed E-state index contributed by atoms with van der Waals surface area (Å²) in [4.78, 5) is 39.0. The minimum atomic E-state index is -1.68. The fourth-order valence-corrected chi connectivity index (χ4v) is 8.59. The second-order valence-corrected chi connectivity index (χ2v) is 13.6. The number of amides is 1. The number of nitrogens with two attached hydrogens (primary N) is 1. The zero-order valence-corrected chi connectivity index (χ0v) is 24.4. The van der Waals surface area contributed by atoms with Gasteiger partial charge in [-0.05, 0) is 89.5 Å². The van der Waals surface area contributed by atoms with Crippen LogP contribution in [0.2, 0.25) is 0 Å². The van der Waals surface area contributed by atoms with Crippen LogP contribution in [0, 0.1) is 11.8 Å². The van der Waals surface area contributed by atoms with Crippen LogP contribution in [0.4, 0.5) is 0 Å². The van der Waals surface area contributed by atoms with Crippen molar-refractivity contribution >= 4 is 23.3 Å². The number of primary amides is 1. The molecule has 4 fully saturated rings. The predicted octanol–water partition coefficient (Wildman–Crippen LogP) is 3.70. The molecule has 4 N–H and O–H groups in total. The first kappa shape index (κ1) is 28.4. The van der Waals surface area contributed by atoms with Crippen LogP contribution in [-0.4, -0.2) is 79.3 Å². The molecular weight excluding hydrogens is 522 g/mol. The molecule has 1 amide bonds. The first-order valence-electron chi connectivity index (χ1n) is 15.6. The molecule has 3 aliphatic carbocycles. The van der Waals surface area contributed by atoms with Crippen molar-refractivity contribution in [2.45, 2.75) is 133 Å². The van der Waals surface area contributed by atoms with Crippen LogP contribution in [0.15, 0.2) is 33.7 Å². The van der Waals surface area contributed by atoms with E-state index in [0.717, 1.165) is 42.5 Å². The molecule has 224 valence electrons. The summed E-state index contributed by atoms with van der Waals surface area (Å²) < 4.78 is 0. The summed E-state index contributed by atoms with van der Waals surface area (Å²) >= 11 is 0. The lowest BCUT2D eigenvalue weighted by Gasteiger charge is -2.57. The van der Waals surface area contributed by atoms with Gasteiger partial charge in [0.15, 0.2) is 11.9 Å². The number of aliphatic hydroxyl groups is 1. The van der Waals surface area contributed by atoms with Crippen molar-refractivity contribution in [2.24, 2.45) is 27.7 Å². The molecule has 5 unspecified atom stereocenters. The van der Waals surface area contributed by atoms with Gasteiger partial charge in [0.25, 0.3) is 5.91 Å². The van der Waals surface area contributed by atoms with E-state index in [0.29, 0.717) is 24.5 Å². The molecule has 2 saturated heterocycles. The van der Waals surface area contributed by atoms with E-state index in [-0.39, 0.29) is 17.5 Å². The SMILES string of the molecule is CC(C)(ON=C(C(N)=O)C1=NC2=C(C=CCC2)N(C2CC3CCCC(C2)N3C2CC3CCCC(C3)C2)C1O)C(=O)O. The summed E-state index contributed by atoms with van der Waals surface area (Å²) in [6.45, 7) is 2.67. The van der Waals surface area contributed by atoms with Crippen LogP contribution in [0.1, 0.15) is 97.3 Å². The summed E-state index contributed by atoms with van der Waals surface area (Å²) in [5.74, 6) is -0.392. The van der Waals surface area contributed by atoms with Gasteiger partial charge in [0.2, 0.25) is 5.60 Å². The Bertz CT molecular complexity index is 1170. The number of oxime groups is 1. The number of allylic oxidation sites excluding steroid dienone is 3. The second kappa shape index (κ2) is 11.2. The van der Waals surface area contributed by atoms with Crippen molar-refractivity contribution in [3.8, 4) is 0 Å². The molecule has 10 heteroatoms. The highest BCUT2D eigenvalue weighted by molar-refractivity contribution is 6.67. The first-order chi connectivity index (χ1) is 19.6. The van der Waals surface area contributed by atoms with E-state index in [1.807, 2.05) is 11.0 Å². The van der Waals surface area contributed by atoms with E-state index in [9.17, 15) is 19.8 Å². The zero-order valence-electron chi connectivity index (χ0n) is 24.4. The van der Waals surface area contributed by atoms with E-state index in [1.165, 1.54) is 71.6 Å². The Kier molecular flexibility index (Phi) is 7.74. The van der Waals surface area contributed by atoms with E-state index in [4.69, 9.17) is 10.6 Å². The Morgan fingerprint density at radius 2 is 1.66 bits per heavy atom. The molecule has 0 aromatic rings. The standard InChI is InChI=1S/C31H45N5O5/c1-31(2,30(39)40)41-34-26(28(32)37)27-29(38)36(25-12-4-3-11-24(25)33-27)23-16-20-9-6-10-21(17-23)35(20)22-14-18-7-5-8-19(13-18)15-22/h4,12,18-23,29,38H,3,5-11,13-17H2,1-2H3,(H2,32,37)(H,39,40). The highest BCUT2D eigenvalue weighted by Crippen LogP contribution is 2.47. The first-order valence-corrected chi connectivity index (χ1v) is 15.6. The predicted molar refractivity (Wildman–Crippen MR) is 155 cm³/mol. The van der Waals surface area contributed by atoms with Crippen molar-refractivity contribution in [1.82, 2.24) is 9.80 Å². The molecule has 6 aliphatic rings. The van der Waals surface area contributed by atoms with E-state index in [1.54, 1.807) is 0 Å². The average Bonchev–Trinajstić information content (AvgIpc) is 2.92. The number of aliphatic hydroxyl groups excluding tert-OH is 1. The van der Waals surface area contributed by atoms with Gasteiger partial charge in [0.05, 0.1) is 11.4 Å². The number of carbonyl (C=O) groups is 2. The van der Waals surface area contributed by atoms with Crippen molar-refractivity contribution in [2.75, 3.05) is 0 Å². The number of hydrogen-bond donors (Lipinski definition) is 3. The van der Waals surface area contributed by atoms with Crippen LogP contribution in [-0.2, 0) is 14.4 Å². The largest absolute Gasteiger partial charge is 0.478 e. The molecule has 2 saturated carbocycles. The third-order valence-electron chi connectivity index (χ3n) is 10.4. The summed E-state index contributed by atoms with van der Waals surface area (Å²) in [6.07, 6.45) is 18.1. The molecule has 0 radical (unpaired) electrons. The Labute approximate surface area is 242 Å². The van der Waals surface area contributed by atoms with E-state index >= 15 is 0 Å². The zero-order chi connectivity index (χ0) is 28.9. The van der Waals surface area contributed by atoms with Crippen LogP contribution in [0.5, 0.6) is 0 Å². The molecule has 5 atom stereocenters. The van der Waals surface area contributed by atoms with Crippen LogP contribution >= 0.6 is 0 Å². The van der Waals surface area contributed by atoms with Crippen molar-refractivity contribution in [3.63, 3.8) is 0 Å². The topological polar surface area (TPSA) is 141 Å². The maximum atomic E-state index is 12.6. The Morgan fingerprint density at radius 3 is 2.29 bits per heavy atom. The quantitative estimate of drug-likeness (QED) is 0.315. The lowest BCUT2D eigenvalue weighted by molar-refractivity contribution is -0.161. The molecular formula is C31H45N5O5. The molecule has 3 heterocycles. The lowest BCUT2D eigenvalue weighted by Crippen LogP contribution is -2.63. The molecule has 4 bridgehead atoms. The van der Waals surface area contributed by atoms with Crippen molar-refractivity contribution in [1.29, 1.82) is 0 Å². The van der Waals surface area contributed by atoms with Crippen molar-refractivity contribution in [3.05, 3.63) is 23.5 Å². The molecule has 0 spiro atoms. The van der Waals surface area contributed by atoms with Gasteiger partial charge in [0, 0.05) is 24.2 Å². The monoisotopic (exact) mass is 567 g/mol. The van der Waals surface area contributed by atoms with Crippen molar-refractivity contribution < 1.29 is 24.6 Å². The van der Waals surface area contributed by atoms with Gasteiger partial charge in [-0.1, -0.05) is 36.9 Å². The number of carbonyl (C=O) groups excluding carboxylic acids is 1. The fourth-order valence-electron chi connectivity index (χ4n) is 8.59.